The van der Waals surface area contributed by atoms with Crippen LogP contribution in [0.1, 0.15) is 56.2 Å². The SMILES string of the molecule is CCCC(CCC)NCc1cnc(SC)nc1N1CCc2cc(OC)c(OC)cc2C1. The third kappa shape index (κ3) is 5.83. The van der Waals surface area contributed by atoms with Crippen molar-refractivity contribution in [2.45, 2.75) is 70.2 Å². The number of anilines is 1. The topological polar surface area (TPSA) is 59.5 Å². The lowest BCUT2D eigenvalue weighted by Crippen LogP contribution is -2.34. The average molecular weight is 445 g/mol. The molecule has 1 aliphatic heterocycles. The second-order valence-electron chi connectivity index (χ2n) is 8.01. The van der Waals surface area contributed by atoms with E-state index in [9.17, 15) is 0 Å². The molecule has 0 bridgehead atoms. The molecule has 0 spiro atoms. The lowest BCUT2D eigenvalue weighted by molar-refractivity contribution is 0.353. The van der Waals surface area contributed by atoms with Gasteiger partial charge in [0.25, 0.3) is 0 Å². The summed E-state index contributed by atoms with van der Waals surface area (Å²) in [5.74, 6) is 2.61. The third-order valence-corrected chi connectivity index (χ3v) is 6.44. The van der Waals surface area contributed by atoms with Gasteiger partial charge in [0.2, 0.25) is 0 Å². The number of hydrogen-bond acceptors (Lipinski definition) is 7. The molecule has 1 aromatic carbocycles. The number of hydrogen-bond donors (Lipinski definition) is 1. The molecule has 0 amide bonds. The Morgan fingerprint density at radius 1 is 1.10 bits per heavy atom. The lowest BCUT2D eigenvalue weighted by Gasteiger charge is -2.32. The van der Waals surface area contributed by atoms with Crippen LogP contribution in [0.4, 0.5) is 5.82 Å². The van der Waals surface area contributed by atoms with Crippen LogP contribution in [0.5, 0.6) is 11.5 Å². The highest BCUT2D eigenvalue weighted by Gasteiger charge is 2.23. The number of fused-ring (bicyclic) bond motifs is 1. The summed E-state index contributed by atoms with van der Waals surface area (Å²) < 4.78 is 11.0. The van der Waals surface area contributed by atoms with Crippen molar-refractivity contribution in [2.75, 3.05) is 31.9 Å². The van der Waals surface area contributed by atoms with Crippen molar-refractivity contribution in [1.29, 1.82) is 0 Å². The molecule has 1 N–H and O–H groups in total. The summed E-state index contributed by atoms with van der Waals surface area (Å²) in [5.41, 5.74) is 3.75. The molecule has 6 nitrogen and oxygen atoms in total. The molecule has 2 aromatic rings. The van der Waals surface area contributed by atoms with Gasteiger partial charge in [-0.1, -0.05) is 38.5 Å². The molecular weight excluding hydrogens is 408 g/mol. The van der Waals surface area contributed by atoms with E-state index in [-0.39, 0.29) is 0 Å². The molecule has 7 heteroatoms. The molecule has 170 valence electrons. The van der Waals surface area contributed by atoms with Crippen molar-refractivity contribution < 1.29 is 9.47 Å². The lowest BCUT2D eigenvalue weighted by atomic mass is 9.98. The summed E-state index contributed by atoms with van der Waals surface area (Å²) in [5, 5.41) is 4.57. The van der Waals surface area contributed by atoms with Gasteiger partial charge >= 0.3 is 0 Å². The highest BCUT2D eigenvalue weighted by molar-refractivity contribution is 7.98. The fraction of sp³-hybridized carbons (Fsp3) is 0.583. The first-order valence-corrected chi connectivity index (χ1v) is 12.5. The third-order valence-electron chi connectivity index (χ3n) is 5.88. The number of benzene rings is 1. The zero-order valence-corrected chi connectivity index (χ0v) is 20.3. The van der Waals surface area contributed by atoms with Gasteiger partial charge < -0.3 is 19.7 Å². The molecule has 0 saturated carbocycles. The smallest absolute Gasteiger partial charge is 0.189 e. The van der Waals surface area contributed by atoms with E-state index < -0.39 is 0 Å². The van der Waals surface area contributed by atoms with Crippen LogP contribution in [0.2, 0.25) is 0 Å². The van der Waals surface area contributed by atoms with E-state index in [4.69, 9.17) is 14.5 Å². The normalized spacial score (nSPS) is 13.4. The number of rotatable bonds is 11. The van der Waals surface area contributed by atoms with E-state index >= 15 is 0 Å². The summed E-state index contributed by atoms with van der Waals surface area (Å²) >= 11 is 1.59. The van der Waals surface area contributed by atoms with E-state index in [1.54, 1.807) is 26.0 Å². The van der Waals surface area contributed by atoms with Crippen molar-refractivity contribution in [2.24, 2.45) is 0 Å². The van der Waals surface area contributed by atoms with Gasteiger partial charge in [-0.3, -0.25) is 0 Å². The van der Waals surface area contributed by atoms with Gasteiger partial charge in [-0.2, -0.15) is 0 Å². The highest BCUT2D eigenvalue weighted by atomic mass is 32.2. The first-order chi connectivity index (χ1) is 15.1. The maximum Gasteiger partial charge on any atom is 0.189 e. The minimum absolute atomic E-state index is 0.543. The van der Waals surface area contributed by atoms with E-state index in [1.807, 2.05) is 12.5 Å². The number of ether oxygens (including phenoxy) is 2. The minimum Gasteiger partial charge on any atom is -0.493 e. The van der Waals surface area contributed by atoms with Gasteiger partial charge in [-0.05, 0) is 48.8 Å². The molecule has 0 radical (unpaired) electrons. The minimum atomic E-state index is 0.543. The number of nitrogens with zero attached hydrogens (tertiary/aromatic N) is 3. The van der Waals surface area contributed by atoms with Gasteiger partial charge in [-0.15, -0.1) is 0 Å². The maximum absolute atomic E-state index is 5.53. The first kappa shape index (κ1) is 23.7. The van der Waals surface area contributed by atoms with Crippen molar-refractivity contribution in [1.82, 2.24) is 15.3 Å². The molecule has 0 unspecified atom stereocenters. The molecule has 1 aromatic heterocycles. The second-order valence-corrected chi connectivity index (χ2v) is 8.78. The zero-order chi connectivity index (χ0) is 22.2. The van der Waals surface area contributed by atoms with Gasteiger partial charge in [0, 0.05) is 37.4 Å². The molecule has 0 fully saturated rings. The van der Waals surface area contributed by atoms with Gasteiger partial charge in [0.15, 0.2) is 16.7 Å². The summed E-state index contributed by atoms with van der Waals surface area (Å²) in [6.07, 6.45) is 9.77. The van der Waals surface area contributed by atoms with Crippen LogP contribution in [-0.2, 0) is 19.5 Å². The molecule has 3 rings (SSSR count). The Labute approximate surface area is 191 Å². The monoisotopic (exact) mass is 444 g/mol. The van der Waals surface area contributed by atoms with Crippen LogP contribution < -0.4 is 19.7 Å². The number of methoxy groups -OCH3 is 2. The van der Waals surface area contributed by atoms with Crippen molar-refractivity contribution in [3.63, 3.8) is 0 Å². The van der Waals surface area contributed by atoms with Crippen LogP contribution in [0.3, 0.4) is 0 Å². The second kappa shape index (κ2) is 11.6. The van der Waals surface area contributed by atoms with Crippen LogP contribution >= 0.6 is 11.8 Å². The quantitative estimate of drug-likeness (QED) is 0.393. The van der Waals surface area contributed by atoms with Gasteiger partial charge in [0.05, 0.1) is 14.2 Å². The fourth-order valence-electron chi connectivity index (χ4n) is 4.24. The predicted molar refractivity (Wildman–Crippen MR) is 129 cm³/mol. The predicted octanol–water partition coefficient (Wildman–Crippen LogP) is 4.84. The summed E-state index contributed by atoms with van der Waals surface area (Å²) in [7, 11) is 3.38. The fourth-order valence-corrected chi connectivity index (χ4v) is 4.58. The van der Waals surface area contributed by atoms with E-state index in [1.165, 1.54) is 42.4 Å². The maximum atomic E-state index is 5.53. The Balaban J connectivity index is 1.84. The largest absolute Gasteiger partial charge is 0.493 e. The van der Waals surface area contributed by atoms with Crippen molar-refractivity contribution in [3.05, 3.63) is 35.0 Å². The first-order valence-electron chi connectivity index (χ1n) is 11.2. The Kier molecular flexibility index (Phi) is 8.84. The number of thioether (sulfide) groups is 1. The van der Waals surface area contributed by atoms with Crippen LogP contribution in [0.15, 0.2) is 23.5 Å². The molecule has 0 aliphatic carbocycles. The van der Waals surface area contributed by atoms with Gasteiger partial charge in [-0.25, -0.2) is 9.97 Å². The Morgan fingerprint density at radius 3 is 2.39 bits per heavy atom. The van der Waals surface area contributed by atoms with E-state index in [0.29, 0.717) is 6.04 Å². The molecule has 0 saturated heterocycles. The van der Waals surface area contributed by atoms with Crippen LogP contribution in [0.25, 0.3) is 0 Å². The number of aromatic nitrogens is 2. The van der Waals surface area contributed by atoms with Crippen LogP contribution in [0, 0.1) is 0 Å². The molecule has 2 heterocycles. The molecule has 31 heavy (non-hydrogen) atoms. The van der Waals surface area contributed by atoms with Crippen molar-refractivity contribution in [3.8, 4) is 11.5 Å². The number of nitrogens with one attached hydrogen (secondary N) is 1. The summed E-state index contributed by atoms with van der Waals surface area (Å²) in [4.78, 5) is 11.9. The Bertz CT molecular complexity index is 856. The molecular formula is C24H36N4O2S. The Hall–Kier alpha value is -1.99. The summed E-state index contributed by atoms with van der Waals surface area (Å²) in [6.45, 7) is 7.03. The summed E-state index contributed by atoms with van der Waals surface area (Å²) in [6, 6.07) is 4.76. The Morgan fingerprint density at radius 2 is 1.77 bits per heavy atom. The van der Waals surface area contributed by atoms with Crippen molar-refractivity contribution >= 4 is 17.6 Å². The van der Waals surface area contributed by atoms with Crippen LogP contribution in [-0.4, -0.2) is 43.0 Å². The van der Waals surface area contributed by atoms with E-state index in [0.717, 1.165) is 48.5 Å². The van der Waals surface area contributed by atoms with Gasteiger partial charge in [0.1, 0.15) is 5.82 Å². The molecule has 0 atom stereocenters. The van der Waals surface area contributed by atoms with E-state index in [2.05, 4.69) is 41.2 Å². The average Bonchev–Trinajstić information content (AvgIpc) is 2.81. The standard InChI is InChI=1S/C24H36N4O2S/c1-6-8-20(9-7-2)25-14-19-15-26-24(31-5)27-23(19)28-11-10-17-12-21(29-3)22(30-4)13-18(17)16-28/h12-13,15,20,25H,6-11,14,16H2,1-5H3. The zero-order valence-electron chi connectivity index (χ0n) is 19.5. The highest BCUT2D eigenvalue weighted by Crippen LogP contribution is 2.35. The molecule has 1 aliphatic rings.